The van der Waals surface area contributed by atoms with E-state index in [9.17, 15) is 9.59 Å². The number of benzene rings is 1. The quantitative estimate of drug-likeness (QED) is 0.448. The van der Waals surface area contributed by atoms with E-state index in [1.807, 2.05) is 0 Å². The lowest BCUT2D eigenvalue weighted by Crippen LogP contribution is -2.38. The van der Waals surface area contributed by atoms with E-state index < -0.39 is 12.0 Å². The fourth-order valence-electron chi connectivity index (χ4n) is 1.46. The van der Waals surface area contributed by atoms with Crippen LogP contribution in [0.4, 0.5) is 16.2 Å². The second kappa shape index (κ2) is 7.10. The van der Waals surface area contributed by atoms with Gasteiger partial charge in [-0.05, 0) is 30.7 Å². The minimum Gasteiger partial charge on any atom is -0.465 e. The molecule has 0 bridgehead atoms. The van der Waals surface area contributed by atoms with Gasteiger partial charge in [0.1, 0.15) is 6.54 Å². The lowest BCUT2D eigenvalue weighted by Gasteiger charge is -2.08. The number of carbonyl (C=O) groups excluding carboxylic acids is 2. The van der Waals surface area contributed by atoms with E-state index in [1.54, 1.807) is 25.1 Å². The third-order valence-electron chi connectivity index (χ3n) is 2.19. The van der Waals surface area contributed by atoms with Crippen molar-refractivity contribution in [1.29, 1.82) is 0 Å². The van der Waals surface area contributed by atoms with Crippen molar-refractivity contribution in [2.45, 2.75) is 13.5 Å². The summed E-state index contributed by atoms with van der Waals surface area (Å²) < 4.78 is 4.67. The van der Waals surface area contributed by atoms with Crippen molar-refractivity contribution >= 4 is 23.4 Å². The molecule has 0 heterocycles. The summed E-state index contributed by atoms with van der Waals surface area (Å²) in [5, 5.41) is 4.96. The van der Waals surface area contributed by atoms with Crippen LogP contribution in [0, 0.1) is 0 Å². The zero-order valence-electron chi connectivity index (χ0n) is 10.7. The molecule has 0 saturated carbocycles. The van der Waals surface area contributed by atoms with Crippen LogP contribution in [0.3, 0.4) is 0 Å². The molecule has 0 radical (unpaired) electrons. The van der Waals surface area contributed by atoms with Gasteiger partial charge in [-0.3, -0.25) is 4.79 Å². The first kappa shape index (κ1) is 14.6. The average molecular weight is 266 g/mol. The van der Waals surface area contributed by atoms with Gasteiger partial charge in [-0.2, -0.15) is 0 Å². The zero-order valence-corrected chi connectivity index (χ0v) is 10.7. The molecule has 0 fully saturated rings. The van der Waals surface area contributed by atoms with Crippen LogP contribution < -0.4 is 22.1 Å². The molecule has 104 valence electrons. The molecular weight excluding hydrogens is 248 g/mol. The Morgan fingerprint density at radius 1 is 1.16 bits per heavy atom. The third-order valence-corrected chi connectivity index (χ3v) is 2.19. The molecule has 19 heavy (non-hydrogen) atoms. The zero-order chi connectivity index (χ0) is 14.3. The molecule has 0 aliphatic carbocycles. The summed E-state index contributed by atoms with van der Waals surface area (Å²) in [6.07, 6.45) is 0. The Labute approximate surface area is 111 Å². The predicted octanol–water partition coefficient (Wildman–Crippen LogP) is 0.213. The molecule has 1 aromatic carbocycles. The molecule has 0 aliphatic rings. The van der Waals surface area contributed by atoms with E-state index in [2.05, 4.69) is 15.4 Å². The topological polar surface area (TPSA) is 119 Å². The number of amides is 2. The lowest BCUT2D eigenvalue weighted by atomic mass is 10.2. The van der Waals surface area contributed by atoms with Crippen LogP contribution in [0.15, 0.2) is 18.2 Å². The molecule has 6 N–H and O–H groups in total. The van der Waals surface area contributed by atoms with Crippen LogP contribution >= 0.6 is 0 Å². The molecule has 0 saturated heterocycles. The summed E-state index contributed by atoms with van der Waals surface area (Å²) in [5.74, 6) is -0.481. The lowest BCUT2D eigenvalue weighted by molar-refractivity contribution is -0.141. The molecule has 0 aromatic heterocycles. The van der Waals surface area contributed by atoms with Crippen molar-refractivity contribution < 1.29 is 14.3 Å². The molecule has 7 heteroatoms. The van der Waals surface area contributed by atoms with Gasteiger partial charge in [0.15, 0.2) is 0 Å². The highest BCUT2D eigenvalue weighted by Crippen LogP contribution is 2.13. The van der Waals surface area contributed by atoms with E-state index in [4.69, 9.17) is 11.5 Å². The minimum absolute atomic E-state index is 0.168. The monoisotopic (exact) mass is 266 g/mol. The van der Waals surface area contributed by atoms with Gasteiger partial charge in [-0.15, -0.1) is 0 Å². The molecule has 0 aliphatic heterocycles. The number of nitrogens with one attached hydrogen (secondary N) is 2. The number of nitrogen functional groups attached to an aromatic ring is 2. The smallest absolute Gasteiger partial charge is 0.325 e. The summed E-state index contributed by atoms with van der Waals surface area (Å²) in [7, 11) is 0. The normalized spacial score (nSPS) is 9.74. The van der Waals surface area contributed by atoms with Gasteiger partial charge in [0.2, 0.25) is 0 Å². The number of hydrogen-bond donors (Lipinski definition) is 4. The maximum absolute atomic E-state index is 11.4. The maximum atomic E-state index is 11.4. The number of rotatable bonds is 5. The first-order valence-corrected chi connectivity index (χ1v) is 5.83. The van der Waals surface area contributed by atoms with Gasteiger partial charge in [0.25, 0.3) is 0 Å². The molecule has 0 atom stereocenters. The van der Waals surface area contributed by atoms with Crippen LogP contribution in [-0.4, -0.2) is 25.2 Å². The summed E-state index contributed by atoms with van der Waals surface area (Å²) in [6.45, 7) is 2.08. The number of anilines is 2. The van der Waals surface area contributed by atoms with E-state index in [0.29, 0.717) is 11.4 Å². The van der Waals surface area contributed by atoms with Gasteiger partial charge in [-0.25, -0.2) is 4.79 Å². The van der Waals surface area contributed by atoms with Crippen LogP contribution in [0.25, 0.3) is 0 Å². The third kappa shape index (κ3) is 5.62. The number of hydrogen-bond acceptors (Lipinski definition) is 5. The van der Waals surface area contributed by atoms with E-state index in [1.165, 1.54) is 0 Å². The highest BCUT2D eigenvalue weighted by atomic mass is 16.5. The van der Waals surface area contributed by atoms with Crippen molar-refractivity contribution in [2.75, 3.05) is 24.6 Å². The highest BCUT2D eigenvalue weighted by Gasteiger charge is 2.05. The van der Waals surface area contributed by atoms with Crippen LogP contribution in [0.5, 0.6) is 0 Å². The van der Waals surface area contributed by atoms with Gasteiger partial charge >= 0.3 is 12.0 Å². The Morgan fingerprint density at radius 3 is 2.37 bits per heavy atom. The number of nitrogens with two attached hydrogens (primary N) is 2. The second-order valence-electron chi connectivity index (χ2n) is 3.85. The van der Waals surface area contributed by atoms with Crippen molar-refractivity contribution in [3.8, 4) is 0 Å². The highest BCUT2D eigenvalue weighted by molar-refractivity contribution is 5.80. The standard InChI is InChI=1S/C12H18N4O3/c1-2-19-11(17)7-16-12(18)15-6-8-3-9(13)5-10(14)4-8/h3-5H,2,6-7,13-14H2,1H3,(H2,15,16,18). The number of ether oxygens (including phenoxy) is 1. The fraction of sp³-hybridized carbons (Fsp3) is 0.333. The van der Waals surface area contributed by atoms with E-state index in [-0.39, 0.29) is 19.7 Å². The molecule has 1 rings (SSSR count). The molecule has 7 nitrogen and oxygen atoms in total. The van der Waals surface area contributed by atoms with Gasteiger partial charge in [0, 0.05) is 17.9 Å². The van der Waals surface area contributed by atoms with E-state index in [0.717, 1.165) is 5.56 Å². The van der Waals surface area contributed by atoms with Gasteiger partial charge in [0.05, 0.1) is 6.61 Å². The summed E-state index contributed by atoms with van der Waals surface area (Å²) >= 11 is 0. The summed E-state index contributed by atoms with van der Waals surface area (Å²) in [4.78, 5) is 22.4. The molecule has 2 amide bonds. The predicted molar refractivity (Wildman–Crippen MR) is 72.1 cm³/mol. The van der Waals surface area contributed by atoms with Crippen molar-refractivity contribution in [3.63, 3.8) is 0 Å². The maximum Gasteiger partial charge on any atom is 0.325 e. The van der Waals surface area contributed by atoms with Crippen molar-refractivity contribution in [3.05, 3.63) is 23.8 Å². The van der Waals surface area contributed by atoms with Gasteiger partial charge < -0.3 is 26.8 Å². The van der Waals surface area contributed by atoms with Crippen LogP contribution in [0.2, 0.25) is 0 Å². The summed E-state index contributed by atoms with van der Waals surface area (Å²) in [6, 6.07) is 4.59. The molecular formula is C12H18N4O3. The number of esters is 1. The largest absolute Gasteiger partial charge is 0.465 e. The first-order chi connectivity index (χ1) is 9.01. The molecule has 0 unspecified atom stereocenters. The Hall–Kier alpha value is -2.44. The second-order valence-corrected chi connectivity index (χ2v) is 3.85. The number of carbonyl (C=O) groups is 2. The number of urea groups is 1. The molecule has 0 spiro atoms. The van der Waals surface area contributed by atoms with Crippen molar-refractivity contribution in [1.82, 2.24) is 10.6 Å². The average Bonchev–Trinajstić information content (AvgIpc) is 2.33. The molecule has 1 aromatic rings. The Morgan fingerprint density at radius 2 is 1.79 bits per heavy atom. The van der Waals surface area contributed by atoms with Crippen molar-refractivity contribution in [2.24, 2.45) is 0 Å². The fourth-order valence-corrected chi connectivity index (χ4v) is 1.46. The van der Waals surface area contributed by atoms with Gasteiger partial charge in [-0.1, -0.05) is 0 Å². The SMILES string of the molecule is CCOC(=O)CNC(=O)NCc1cc(N)cc(N)c1. The van der Waals surface area contributed by atoms with E-state index >= 15 is 0 Å². The Kier molecular flexibility index (Phi) is 5.46. The van der Waals surface area contributed by atoms with Crippen LogP contribution in [0.1, 0.15) is 12.5 Å². The van der Waals surface area contributed by atoms with Crippen LogP contribution in [-0.2, 0) is 16.1 Å². The Bertz CT molecular complexity index is 442. The summed E-state index contributed by atoms with van der Waals surface area (Å²) in [5.41, 5.74) is 13.1. The first-order valence-electron chi connectivity index (χ1n) is 5.83. The Balaban J connectivity index is 2.35. The minimum atomic E-state index is -0.481.